The van der Waals surface area contributed by atoms with Gasteiger partial charge in [0.15, 0.2) is 0 Å². The van der Waals surface area contributed by atoms with Crippen LogP contribution in [0, 0.1) is 0 Å². The van der Waals surface area contributed by atoms with Crippen LogP contribution in [0.5, 0.6) is 5.75 Å². The Morgan fingerprint density at radius 2 is 1.97 bits per heavy atom. The highest BCUT2D eigenvalue weighted by molar-refractivity contribution is 5.95. The molecule has 0 saturated heterocycles. The van der Waals surface area contributed by atoms with Crippen molar-refractivity contribution in [3.05, 3.63) is 72.4 Å². The van der Waals surface area contributed by atoms with E-state index < -0.39 is 0 Å². The van der Waals surface area contributed by atoms with E-state index in [1.165, 1.54) is 0 Å². The lowest BCUT2D eigenvalue weighted by Gasteiger charge is -2.13. The Labute approximate surface area is 181 Å². The molecule has 0 bridgehead atoms. The number of benzene rings is 1. The van der Waals surface area contributed by atoms with E-state index in [4.69, 9.17) is 4.74 Å². The Balaban J connectivity index is 1.70. The van der Waals surface area contributed by atoms with E-state index in [-0.39, 0.29) is 12.5 Å². The number of fused-ring (bicyclic) bond motifs is 1. The summed E-state index contributed by atoms with van der Waals surface area (Å²) in [6.45, 7) is 4.45. The molecule has 4 rings (SSSR count). The first-order chi connectivity index (χ1) is 15.1. The van der Waals surface area contributed by atoms with Crippen LogP contribution in [0.1, 0.15) is 42.4 Å². The number of carbonyl (C=O) groups excluding carboxylic acids is 1. The van der Waals surface area contributed by atoms with Gasteiger partial charge in [-0.2, -0.15) is 5.10 Å². The normalized spacial score (nSPS) is 12.0. The van der Waals surface area contributed by atoms with Crippen LogP contribution in [0.2, 0.25) is 0 Å². The van der Waals surface area contributed by atoms with Crippen molar-refractivity contribution in [2.24, 2.45) is 0 Å². The molecular formula is C24H25N5O2. The number of rotatable bonds is 7. The predicted octanol–water partition coefficient (Wildman–Crippen LogP) is 4.40. The lowest BCUT2D eigenvalue weighted by molar-refractivity contribution is 0.0960. The third-order valence-corrected chi connectivity index (χ3v) is 5.39. The molecule has 3 aromatic heterocycles. The van der Waals surface area contributed by atoms with Gasteiger partial charge in [-0.3, -0.25) is 19.4 Å². The second-order valence-corrected chi connectivity index (χ2v) is 7.38. The van der Waals surface area contributed by atoms with Crippen LogP contribution in [-0.2, 0) is 6.61 Å². The van der Waals surface area contributed by atoms with Crippen molar-refractivity contribution in [3.63, 3.8) is 0 Å². The van der Waals surface area contributed by atoms with Crippen molar-refractivity contribution in [3.8, 4) is 16.9 Å². The molecule has 0 aliphatic heterocycles. The summed E-state index contributed by atoms with van der Waals surface area (Å²) >= 11 is 0. The SMILES string of the molecule is CCC(C)n1cc(-c2cc(OCc3ncccc3C(=O)NC)c3cccnc3c2)cn1. The van der Waals surface area contributed by atoms with E-state index in [1.807, 2.05) is 41.3 Å². The maximum atomic E-state index is 12.2. The van der Waals surface area contributed by atoms with E-state index in [0.717, 1.165) is 28.5 Å². The Hall–Kier alpha value is -3.74. The molecular weight excluding hydrogens is 390 g/mol. The molecule has 0 aliphatic rings. The van der Waals surface area contributed by atoms with Crippen LogP contribution in [0.4, 0.5) is 0 Å². The highest BCUT2D eigenvalue weighted by atomic mass is 16.5. The molecule has 1 unspecified atom stereocenters. The minimum absolute atomic E-state index is 0.170. The van der Waals surface area contributed by atoms with Crippen molar-refractivity contribution >= 4 is 16.8 Å². The molecule has 0 fully saturated rings. The molecule has 1 atom stereocenters. The third kappa shape index (κ3) is 4.26. The summed E-state index contributed by atoms with van der Waals surface area (Å²) in [7, 11) is 1.60. The number of amides is 1. The number of carbonyl (C=O) groups is 1. The Kier molecular flexibility index (Phi) is 5.93. The van der Waals surface area contributed by atoms with Crippen LogP contribution in [0.3, 0.4) is 0 Å². The molecule has 7 nitrogen and oxygen atoms in total. The number of aromatic nitrogens is 4. The van der Waals surface area contributed by atoms with Gasteiger partial charge < -0.3 is 10.1 Å². The van der Waals surface area contributed by atoms with Gasteiger partial charge in [0, 0.05) is 42.6 Å². The van der Waals surface area contributed by atoms with Crippen molar-refractivity contribution in [2.75, 3.05) is 7.05 Å². The maximum absolute atomic E-state index is 12.2. The fourth-order valence-corrected chi connectivity index (χ4v) is 3.39. The minimum Gasteiger partial charge on any atom is -0.487 e. The van der Waals surface area contributed by atoms with Crippen LogP contribution < -0.4 is 10.1 Å². The summed E-state index contributed by atoms with van der Waals surface area (Å²) in [5.41, 5.74) is 3.89. The van der Waals surface area contributed by atoms with E-state index in [9.17, 15) is 4.79 Å². The largest absolute Gasteiger partial charge is 0.487 e. The molecule has 158 valence electrons. The summed E-state index contributed by atoms with van der Waals surface area (Å²) in [6.07, 6.45) is 8.34. The van der Waals surface area contributed by atoms with Gasteiger partial charge in [-0.05, 0) is 55.3 Å². The van der Waals surface area contributed by atoms with Crippen molar-refractivity contribution in [2.45, 2.75) is 32.9 Å². The molecule has 0 spiro atoms. The summed E-state index contributed by atoms with van der Waals surface area (Å²) < 4.78 is 8.14. The molecule has 1 aromatic carbocycles. The van der Waals surface area contributed by atoms with Gasteiger partial charge in [0.05, 0.1) is 23.0 Å². The number of hydrogen-bond acceptors (Lipinski definition) is 5. The first kappa shape index (κ1) is 20.5. The summed E-state index contributed by atoms with van der Waals surface area (Å²) in [6, 6.07) is 11.7. The first-order valence-corrected chi connectivity index (χ1v) is 10.3. The van der Waals surface area contributed by atoms with Crippen LogP contribution in [0.25, 0.3) is 22.0 Å². The first-order valence-electron chi connectivity index (χ1n) is 10.3. The van der Waals surface area contributed by atoms with Gasteiger partial charge in [-0.1, -0.05) is 6.92 Å². The molecule has 0 radical (unpaired) electrons. The van der Waals surface area contributed by atoms with E-state index in [0.29, 0.717) is 23.0 Å². The smallest absolute Gasteiger partial charge is 0.253 e. The van der Waals surface area contributed by atoms with Gasteiger partial charge in [0.2, 0.25) is 0 Å². The number of hydrogen-bond donors (Lipinski definition) is 1. The summed E-state index contributed by atoms with van der Waals surface area (Å²) in [5, 5.41) is 8.05. The summed E-state index contributed by atoms with van der Waals surface area (Å²) in [4.78, 5) is 21.0. The number of ether oxygens (including phenoxy) is 1. The topological polar surface area (TPSA) is 81.9 Å². The van der Waals surface area contributed by atoms with Crippen LogP contribution in [-0.4, -0.2) is 32.7 Å². The third-order valence-electron chi connectivity index (χ3n) is 5.39. The highest BCUT2D eigenvalue weighted by Crippen LogP contribution is 2.32. The monoisotopic (exact) mass is 415 g/mol. The average Bonchev–Trinajstić information content (AvgIpc) is 3.32. The molecule has 7 heteroatoms. The fourth-order valence-electron chi connectivity index (χ4n) is 3.39. The summed E-state index contributed by atoms with van der Waals surface area (Å²) in [5.74, 6) is 0.495. The zero-order valence-corrected chi connectivity index (χ0v) is 17.9. The van der Waals surface area contributed by atoms with Gasteiger partial charge in [-0.25, -0.2) is 0 Å². The van der Waals surface area contributed by atoms with Gasteiger partial charge in [0.25, 0.3) is 5.91 Å². The lowest BCUT2D eigenvalue weighted by Crippen LogP contribution is -2.20. The molecule has 1 N–H and O–H groups in total. The maximum Gasteiger partial charge on any atom is 0.253 e. The number of pyridine rings is 2. The van der Waals surface area contributed by atoms with Gasteiger partial charge in [-0.15, -0.1) is 0 Å². The second-order valence-electron chi connectivity index (χ2n) is 7.38. The molecule has 31 heavy (non-hydrogen) atoms. The quantitative estimate of drug-likeness (QED) is 0.484. The van der Waals surface area contributed by atoms with Gasteiger partial charge in [0.1, 0.15) is 12.4 Å². The molecule has 1 amide bonds. The van der Waals surface area contributed by atoms with Crippen molar-refractivity contribution in [1.82, 2.24) is 25.1 Å². The highest BCUT2D eigenvalue weighted by Gasteiger charge is 2.14. The van der Waals surface area contributed by atoms with Crippen molar-refractivity contribution in [1.29, 1.82) is 0 Å². The Morgan fingerprint density at radius 1 is 1.16 bits per heavy atom. The van der Waals surface area contributed by atoms with E-state index in [2.05, 4.69) is 34.2 Å². The fraction of sp³-hybridized carbons (Fsp3) is 0.250. The molecule has 3 heterocycles. The van der Waals surface area contributed by atoms with Crippen molar-refractivity contribution < 1.29 is 9.53 Å². The van der Waals surface area contributed by atoms with E-state index in [1.54, 1.807) is 31.6 Å². The number of nitrogens with one attached hydrogen (secondary N) is 1. The molecule has 4 aromatic rings. The predicted molar refractivity (Wildman–Crippen MR) is 120 cm³/mol. The minimum atomic E-state index is -0.190. The second kappa shape index (κ2) is 8.95. The van der Waals surface area contributed by atoms with Crippen LogP contribution >= 0.6 is 0 Å². The zero-order valence-electron chi connectivity index (χ0n) is 17.9. The van der Waals surface area contributed by atoms with E-state index >= 15 is 0 Å². The molecule has 0 saturated carbocycles. The standard InChI is InChI=1S/C24H25N5O2/c1-4-16(2)29-14-18(13-28-29)17-11-21-19(7-5-9-26-21)23(12-17)31-15-22-20(24(30)25-3)8-6-10-27-22/h5-14,16H,4,15H2,1-3H3,(H,25,30). The Bertz CT molecular complexity index is 1220. The zero-order chi connectivity index (χ0) is 21.8. The Morgan fingerprint density at radius 3 is 2.77 bits per heavy atom. The van der Waals surface area contributed by atoms with Crippen LogP contribution in [0.15, 0.2) is 61.2 Å². The van der Waals surface area contributed by atoms with Gasteiger partial charge >= 0.3 is 0 Å². The number of nitrogens with zero attached hydrogens (tertiary/aromatic N) is 4. The lowest BCUT2D eigenvalue weighted by atomic mass is 10.1. The molecule has 0 aliphatic carbocycles. The average molecular weight is 415 g/mol.